The maximum absolute atomic E-state index is 12.3. The molecule has 0 aliphatic heterocycles. The van der Waals surface area contributed by atoms with Crippen LogP contribution in [0.1, 0.15) is 38.2 Å². The summed E-state index contributed by atoms with van der Waals surface area (Å²) in [5.41, 5.74) is 7.08. The van der Waals surface area contributed by atoms with Crippen molar-refractivity contribution in [3.63, 3.8) is 0 Å². The average molecular weight is 274 g/mol. The summed E-state index contributed by atoms with van der Waals surface area (Å²) < 4.78 is 0. The van der Waals surface area contributed by atoms with E-state index in [9.17, 15) is 4.79 Å². The van der Waals surface area contributed by atoms with Crippen LogP contribution in [0.5, 0.6) is 0 Å². The van der Waals surface area contributed by atoms with Gasteiger partial charge >= 0.3 is 0 Å². The summed E-state index contributed by atoms with van der Waals surface area (Å²) >= 11 is 0. The molecule has 0 heterocycles. The van der Waals surface area contributed by atoms with Crippen molar-refractivity contribution in [2.75, 3.05) is 6.54 Å². The van der Waals surface area contributed by atoms with Gasteiger partial charge in [-0.2, -0.15) is 0 Å². The molecule has 1 saturated carbocycles. The van der Waals surface area contributed by atoms with Gasteiger partial charge in [-0.1, -0.05) is 36.8 Å². The molecule has 3 N–H and O–H groups in total. The molecule has 1 aliphatic carbocycles. The van der Waals surface area contributed by atoms with Gasteiger partial charge in [0.05, 0.1) is 0 Å². The summed E-state index contributed by atoms with van der Waals surface area (Å²) in [5.74, 6) is 0.731. The van der Waals surface area contributed by atoms with Crippen LogP contribution in [0.3, 0.4) is 0 Å². The summed E-state index contributed by atoms with van der Waals surface area (Å²) in [6.07, 6.45) is 5.23. The van der Waals surface area contributed by atoms with Crippen molar-refractivity contribution in [2.24, 2.45) is 17.6 Å². The molecule has 1 amide bonds. The minimum Gasteiger partial charge on any atom is -0.353 e. The molecule has 3 unspecified atom stereocenters. The predicted octanol–water partition coefficient (Wildman–Crippen LogP) is 2.50. The van der Waals surface area contributed by atoms with Gasteiger partial charge in [0.25, 0.3) is 0 Å². The van der Waals surface area contributed by atoms with Gasteiger partial charge in [0.1, 0.15) is 0 Å². The second-order valence-corrected chi connectivity index (χ2v) is 5.97. The van der Waals surface area contributed by atoms with Crippen LogP contribution >= 0.6 is 0 Å². The molecule has 0 radical (unpaired) electrons. The van der Waals surface area contributed by atoms with Crippen LogP contribution in [-0.2, 0) is 11.2 Å². The van der Waals surface area contributed by atoms with Gasteiger partial charge in [-0.15, -0.1) is 0 Å². The summed E-state index contributed by atoms with van der Waals surface area (Å²) in [6.45, 7) is 2.73. The van der Waals surface area contributed by atoms with Crippen LogP contribution in [0.15, 0.2) is 30.3 Å². The smallest absolute Gasteiger partial charge is 0.223 e. The SMILES string of the molecule is CC(CCc1ccccc1)NC(=O)C1CCCC1CN. The van der Waals surface area contributed by atoms with E-state index < -0.39 is 0 Å². The molecule has 3 heteroatoms. The van der Waals surface area contributed by atoms with Gasteiger partial charge in [0.15, 0.2) is 0 Å². The van der Waals surface area contributed by atoms with Gasteiger partial charge < -0.3 is 11.1 Å². The van der Waals surface area contributed by atoms with Crippen molar-refractivity contribution >= 4 is 5.91 Å². The normalized spacial score (nSPS) is 23.5. The van der Waals surface area contributed by atoms with E-state index in [2.05, 4.69) is 36.5 Å². The van der Waals surface area contributed by atoms with Crippen molar-refractivity contribution in [1.29, 1.82) is 0 Å². The highest BCUT2D eigenvalue weighted by Gasteiger charge is 2.32. The van der Waals surface area contributed by atoms with Crippen LogP contribution in [0.25, 0.3) is 0 Å². The first kappa shape index (κ1) is 15.0. The molecule has 1 aromatic carbocycles. The highest BCUT2D eigenvalue weighted by atomic mass is 16.1. The van der Waals surface area contributed by atoms with Crippen LogP contribution < -0.4 is 11.1 Å². The number of carbonyl (C=O) groups excluding carboxylic acids is 1. The lowest BCUT2D eigenvalue weighted by Crippen LogP contribution is -2.40. The van der Waals surface area contributed by atoms with E-state index in [0.717, 1.165) is 32.1 Å². The van der Waals surface area contributed by atoms with Crippen molar-refractivity contribution in [1.82, 2.24) is 5.32 Å². The zero-order valence-electron chi connectivity index (χ0n) is 12.3. The predicted molar refractivity (Wildman–Crippen MR) is 82.3 cm³/mol. The molecule has 0 aromatic heterocycles. The molecule has 20 heavy (non-hydrogen) atoms. The van der Waals surface area contributed by atoms with Gasteiger partial charge in [-0.3, -0.25) is 4.79 Å². The van der Waals surface area contributed by atoms with Crippen molar-refractivity contribution in [2.45, 2.75) is 45.1 Å². The Morgan fingerprint density at radius 2 is 2.10 bits per heavy atom. The molecule has 0 spiro atoms. The van der Waals surface area contributed by atoms with E-state index in [0.29, 0.717) is 12.5 Å². The Morgan fingerprint density at radius 1 is 1.35 bits per heavy atom. The summed E-state index contributed by atoms with van der Waals surface area (Å²) in [5, 5.41) is 3.16. The second kappa shape index (κ2) is 7.44. The maximum Gasteiger partial charge on any atom is 0.223 e. The van der Waals surface area contributed by atoms with Crippen LogP contribution in [-0.4, -0.2) is 18.5 Å². The summed E-state index contributed by atoms with van der Waals surface area (Å²) in [7, 11) is 0. The Labute approximate surface area is 121 Å². The lowest BCUT2D eigenvalue weighted by Gasteiger charge is -2.21. The average Bonchev–Trinajstić information content (AvgIpc) is 2.95. The first-order chi connectivity index (χ1) is 9.70. The number of nitrogens with two attached hydrogens (primary N) is 1. The van der Waals surface area contributed by atoms with Crippen molar-refractivity contribution in [3.05, 3.63) is 35.9 Å². The number of amides is 1. The van der Waals surface area contributed by atoms with Gasteiger partial charge in [0, 0.05) is 12.0 Å². The van der Waals surface area contributed by atoms with E-state index in [-0.39, 0.29) is 17.9 Å². The first-order valence-electron chi connectivity index (χ1n) is 7.75. The van der Waals surface area contributed by atoms with Gasteiger partial charge in [-0.25, -0.2) is 0 Å². The molecule has 110 valence electrons. The van der Waals surface area contributed by atoms with E-state index in [1.165, 1.54) is 5.56 Å². The van der Waals surface area contributed by atoms with Crippen LogP contribution in [0.2, 0.25) is 0 Å². The number of hydrogen-bond acceptors (Lipinski definition) is 2. The Morgan fingerprint density at radius 3 is 2.80 bits per heavy atom. The number of hydrogen-bond donors (Lipinski definition) is 2. The maximum atomic E-state index is 12.3. The van der Waals surface area contributed by atoms with Gasteiger partial charge in [-0.05, 0) is 50.6 Å². The molecule has 1 aromatic rings. The Hall–Kier alpha value is -1.35. The highest BCUT2D eigenvalue weighted by molar-refractivity contribution is 5.79. The van der Waals surface area contributed by atoms with Gasteiger partial charge in [0.2, 0.25) is 5.91 Å². The van der Waals surface area contributed by atoms with E-state index in [1.54, 1.807) is 0 Å². The number of nitrogens with one attached hydrogen (secondary N) is 1. The molecule has 0 bridgehead atoms. The zero-order chi connectivity index (χ0) is 14.4. The largest absolute Gasteiger partial charge is 0.353 e. The third kappa shape index (κ3) is 4.07. The lowest BCUT2D eigenvalue weighted by atomic mass is 9.95. The fraction of sp³-hybridized carbons (Fsp3) is 0.588. The number of benzene rings is 1. The second-order valence-electron chi connectivity index (χ2n) is 5.97. The van der Waals surface area contributed by atoms with Crippen LogP contribution in [0, 0.1) is 11.8 Å². The molecule has 3 atom stereocenters. The molecule has 0 saturated heterocycles. The van der Waals surface area contributed by atoms with E-state index in [1.807, 2.05) is 6.07 Å². The molecular weight excluding hydrogens is 248 g/mol. The molecular formula is C17H26N2O. The molecule has 1 fully saturated rings. The third-order valence-corrected chi connectivity index (χ3v) is 4.40. The standard InChI is InChI=1S/C17H26N2O/c1-13(10-11-14-6-3-2-4-7-14)19-17(20)16-9-5-8-15(16)12-18/h2-4,6-7,13,15-16H,5,8-12,18H2,1H3,(H,19,20). The molecule has 3 nitrogen and oxygen atoms in total. The molecule has 1 aliphatic rings. The highest BCUT2D eigenvalue weighted by Crippen LogP contribution is 2.31. The minimum atomic E-state index is 0.138. The fourth-order valence-corrected chi connectivity index (χ4v) is 3.11. The number of rotatable bonds is 6. The Bertz CT molecular complexity index is 418. The fourth-order valence-electron chi connectivity index (χ4n) is 3.11. The number of aryl methyl sites for hydroxylation is 1. The van der Waals surface area contributed by atoms with E-state index in [4.69, 9.17) is 5.73 Å². The first-order valence-corrected chi connectivity index (χ1v) is 7.75. The van der Waals surface area contributed by atoms with Crippen molar-refractivity contribution < 1.29 is 4.79 Å². The zero-order valence-corrected chi connectivity index (χ0v) is 12.3. The monoisotopic (exact) mass is 274 g/mol. The van der Waals surface area contributed by atoms with Crippen molar-refractivity contribution in [3.8, 4) is 0 Å². The lowest BCUT2D eigenvalue weighted by molar-refractivity contribution is -0.126. The van der Waals surface area contributed by atoms with Crippen LogP contribution in [0.4, 0.5) is 0 Å². The Kier molecular flexibility index (Phi) is 5.60. The molecule has 2 rings (SSSR count). The number of carbonyl (C=O) groups is 1. The minimum absolute atomic E-state index is 0.138. The Balaban J connectivity index is 1.76. The summed E-state index contributed by atoms with van der Waals surface area (Å²) in [6, 6.07) is 10.6. The quantitative estimate of drug-likeness (QED) is 0.837. The summed E-state index contributed by atoms with van der Waals surface area (Å²) in [4.78, 5) is 12.3. The van der Waals surface area contributed by atoms with E-state index >= 15 is 0 Å². The third-order valence-electron chi connectivity index (χ3n) is 4.40. The topological polar surface area (TPSA) is 55.1 Å².